The Morgan fingerprint density at radius 2 is 2.00 bits per heavy atom. The fourth-order valence-corrected chi connectivity index (χ4v) is 2.09. The number of pyridine rings is 1. The Morgan fingerprint density at radius 3 is 2.74 bits per heavy atom. The van der Waals surface area contributed by atoms with Crippen LogP contribution in [0.2, 0.25) is 0 Å². The van der Waals surface area contributed by atoms with E-state index in [1.807, 2.05) is 6.07 Å². The molecule has 2 heterocycles. The molecule has 2 aromatic heterocycles. The Labute approximate surface area is 108 Å². The van der Waals surface area contributed by atoms with E-state index in [-0.39, 0.29) is 11.3 Å². The molecule has 1 aromatic carbocycles. The molecule has 3 rings (SSSR count). The zero-order chi connectivity index (χ0) is 13.4. The summed E-state index contributed by atoms with van der Waals surface area (Å²) >= 11 is 0. The first-order chi connectivity index (χ1) is 9.16. The number of H-pyrrole nitrogens is 1. The maximum absolute atomic E-state index is 10.8. The van der Waals surface area contributed by atoms with Gasteiger partial charge in [0.25, 0.3) is 0 Å². The van der Waals surface area contributed by atoms with Crippen molar-refractivity contribution in [3.8, 4) is 16.9 Å². The number of carboxylic acids is 1. The summed E-state index contributed by atoms with van der Waals surface area (Å²) in [5.74, 6) is -1.13. The quantitative estimate of drug-likeness (QED) is 0.656. The van der Waals surface area contributed by atoms with Crippen molar-refractivity contribution in [1.82, 2.24) is 9.97 Å². The van der Waals surface area contributed by atoms with E-state index in [4.69, 9.17) is 5.11 Å². The molecule has 0 atom stereocenters. The molecule has 0 saturated carbocycles. The number of benzene rings is 1. The Kier molecular flexibility index (Phi) is 2.45. The van der Waals surface area contributed by atoms with Crippen LogP contribution >= 0.6 is 0 Å². The molecule has 0 aliphatic heterocycles. The number of hydrogen-bond donors (Lipinski definition) is 3. The highest BCUT2D eigenvalue weighted by Crippen LogP contribution is 2.34. The first-order valence-electron chi connectivity index (χ1n) is 5.65. The number of aromatic hydroxyl groups is 1. The average Bonchev–Trinajstić information content (AvgIpc) is 2.86. The summed E-state index contributed by atoms with van der Waals surface area (Å²) in [7, 11) is 0. The minimum absolute atomic E-state index is 0.0561. The number of rotatable bonds is 2. The van der Waals surface area contributed by atoms with Crippen LogP contribution in [0.4, 0.5) is 0 Å². The average molecular weight is 254 g/mol. The second-order valence-electron chi connectivity index (χ2n) is 4.14. The van der Waals surface area contributed by atoms with Crippen LogP contribution in [0.5, 0.6) is 5.75 Å². The molecule has 3 aromatic rings. The normalized spacial score (nSPS) is 10.7. The molecule has 3 N–H and O–H groups in total. The van der Waals surface area contributed by atoms with Crippen LogP contribution in [0.3, 0.4) is 0 Å². The van der Waals surface area contributed by atoms with E-state index in [1.165, 1.54) is 12.1 Å². The number of nitrogens with one attached hydrogen (secondary N) is 1. The van der Waals surface area contributed by atoms with Crippen molar-refractivity contribution in [2.24, 2.45) is 0 Å². The van der Waals surface area contributed by atoms with Gasteiger partial charge in [-0.15, -0.1) is 0 Å². The predicted molar refractivity (Wildman–Crippen MR) is 70.2 cm³/mol. The fraction of sp³-hybridized carbons (Fsp3) is 0. The largest absolute Gasteiger partial charge is 0.507 e. The van der Waals surface area contributed by atoms with Crippen molar-refractivity contribution >= 4 is 17.0 Å². The topological polar surface area (TPSA) is 86.2 Å². The Hall–Kier alpha value is -2.82. The second kappa shape index (κ2) is 4.13. The molecule has 0 spiro atoms. The van der Waals surface area contributed by atoms with Crippen molar-refractivity contribution in [3.05, 3.63) is 48.3 Å². The molecule has 0 saturated heterocycles. The maximum Gasteiger partial charge on any atom is 0.335 e. The van der Waals surface area contributed by atoms with Gasteiger partial charge in [-0.2, -0.15) is 0 Å². The number of aromatic carboxylic acids is 1. The van der Waals surface area contributed by atoms with Gasteiger partial charge < -0.3 is 15.2 Å². The van der Waals surface area contributed by atoms with Gasteiger partial charge in [0.1, 0.15) is 11.4 Å². The SMILES string of the molecule is O=C(O)c1ccc(-c2ccnc3[nH]ccc23)c(O)c1. The maximum atomic E-state index is 10.8. The van der Waals surface area contributed by atoms with E-state index in [1.54, 1.807) is 24.5 Å². The Bertz CT molecular complexity index is 777. The summed E-state index contributed by atoms with van der Waals surface area (Å²) in [5, 5.41) is 19.8. The third-order valence-electron chi connectivity index (χ3n) is 3.00. The molecule has 0 radical (unpaired) electrons. The highest BCUT2D eigenvalue weighted by atomic mass is 16.4. The molecule has 0 aliphatic carbocycles. The summed E-state index contributed by atoms with van der Waals surface area (Å²) in [6, 6.07) is 7.96. The van der Waals surface area contributed by atoms with Crippen LogP contribution in [-0.4, -0.2) is 26.2 Å². The molecule has 0 aliphatic rings. The zero-order valence-electron chi connectivity index (χ0n) is 9.79. The third-order valence-corrected chi connectivity index (χ3v) is 3.00. The number of phenols is 1. The minimum atomic E-state index is -1.07. The molecule has 5 heteroatoms. The van der Waals surface area contributed by atoms with Gasteiger partial charge in [-0.05, 0) is 35.9 Å². The number of nitrogens with zero attached hydrogens (tertiary/aromatic N) is 1. The first-order valence-corrected chi connectivity index (χ1v) is 5.65. The number of phenolic OH excluding ortho intramolecular Hbond substituents is 1. The van der Waals surface area contributed by atoms with Gasteiger partial charge in [-0.1, -0.05) is 0 Å². The van der Waals surface area contributed by atoms with Crippen molar-refractivity contribution in [2.75, 3.05) is 0 Å². The number of carbonyl (C=O) groups is 1. The predicted octanol–water partition coefficient (Wildman–Crippen LogP) is 2.63. The highest BCUT2D eigenvalue weighted by molar-refractivity contribution is 5.96. The van der Waals surface area contributed by atoms with E-state index < -0.39 is 5.97 Å². The lowest BCUT2D eigenvalue weighted by Crippen LogP contribution is -1.95. The molecule has 19 heavy (non-hydrogen) atoms. The van der Waals surface area contributed by atoms with E-state index in [2.05, 4.69) is 9.97 Å². The molecule has 0 unspecified atom stereocenters. The number of aromatic nitrogens is 2. The van der Waals surface area contributed by atoms with Gasteiger partial charge in [0.2, 0.25) is 0 Å². The summed E-state index contributed by atoms with van der Waals surface area (Å²) in [6.45, 7) is 0. The minimum Gasteiger partial charge on any atom is -0.507 e. The smallest absolute Gasteiger partial charge is 0.335 e. The molecule has 0 bridgehead atoms. The number of carboxylic acid groups (broad SMARTS) is 1. The Morgan fingerprint density at radius 1 is 1.16 bits per heavy atom. The number of fused-ring (bicyclic) bond motifs is 1. The van der Waals surface area contributed by atoms with Gasteiger partial charge in [0, 0.05) is 23.3 Å². The van der Waals surface area contributed by atoms with Crippen molar-refractivity contribution in [1.29, 1.82) is 0 Å². The zero-order valence-corrected chi connectivity index (χ0v) is 9.79. The lowest BCUT2D eigenvalue weighted by atomic mass is 10.0. The standard InChI is InChI=1S/C14H10N2O3/c17-12-7-8(14(18)19)1-2-10(12)9-3-5-15-13-11(9)4-6-16-13/h1-7,17H,(H,15,16)(H,18,19). The van der Waals surface area contributed by atoms with Crippen molar-refractivity contribution in [3.63, 3.8) is 0 Å². The van der Waals surface area contributed by atoms with E-state index >= 15 is 0 Å². The van der Waals surface area contributed by atoms with Crippen molar-refractivity contribution in [2.45, 2.75) is 0 Å². The summed E-state index contributed by atoms with van der Waals surface area (Å²) < 4.78 is 0. The fourth-order valence-electron chi connectivity index (χ4n) is 2.09. The van der Waals surface area contributed by atoms with Crippen LogP contribution in [0.15, 0.2) is 42.7 Å². The molecule has 0 amide bonds. The lowest BCUT2D eigenvalue weighted by Gasteiger charge is -2.07. The summed E-state index contributed by atoms with van der Waals surface area (Å²) in [4.78, 5) is 18.0. The van der Waals surface area contributed by atoms with Crippen molar-refractivity contribution < 1.29 is 15.0 Å². The van der Waals surface area contributed by atoms with Crippen LogP contribution in [-0.2, 0) is 0 Å². The summed E-state index contributed by atoms with van der Waals surface area (Å²) in [6.07, 6.45) is 3.41. The lowest BCUT2D eigenvalue weighted by molar-refractivity contribution is 0.0696. The van der Waals surface area contributed by atoms with Crippen LogP contribution in [0, 0.1) is 0 Å². The van der Waals surface area contributed by atoms with Gasteiger partial charge in [0.05, 0.1) is 5.56 Å². The van der Waals surface area contributed by atoms with Crippen LogP contribution in [0.25, 0.3) is 22.2 Å². The monoisotopic (exact) mass is 254 g/mol. The second-order valence-corrected chi connectivity index (χ2v) is 4.14. The molecule has 5 nitrogen and oxygen atoms in total. The highest BCUT2D eigenvalue weighted by Gasteiger charge is 2.12. The van der Waals surface area contributed by atoms with Gasteiger partial charge in [-0.25, -0.2) is 9.78 Å². The molecule has 0 fully saturated rings. The van der Waals surface area contributed by atoms with Crippen LogP contribution in [0.1, 0.15) is 10.4 Å². The van der Waals surface area contributed by atoms with Gasteiger partial charge in [-0.3, -0.25) is 0 Å². The van der Waals surface area contributed by atoms with Gasteiger partial charge >= 0.3 is 5.97 Å². The van der Waals surface area contributed by atoms with Gasteiger partial charge in [0.15, 0.2) is 0 Å². The first kappa shape index (κ1) is 11.3. The van der Waals surface area contributed by atoms with Crippen LogP contribution < -0.4 is 0 Å². The Balaban J connectivity index is 2.22. The molecular formula is C14H10N2O3. The molecular weight excluding hydrogens is 244 g/mol. The number of aromatic amines is 1. The molecule has 94 valence electrons. The van der Waals surface area contributed by atoms with E-state index in [9.17, 15) is 9.90 Å². The van der Waals surface area contributed by atoms with E-state index in [0.717, 1.165) is 16.6 Å². The third kappa shape index (κ3) is 1.81. The number of hydrogen-bond acceptors (Lipinski definition) is 3. The van der Waals surface area contributed by atoms with E-state index in [0.29, 0.717) is 5.56 Å². The summed E-state index contributed by atoms with van der Waals surface area (Å²) in [5.41, 5.74) is 2.16.